The first-order valence-electron chi connectivity index (χ1n) is 4.59. The van der Waals surface area contributed by atoms with Gasteiger partial charge in [0, 0.05) is 12.1 Å². The SMILES string of the molecule is COc1c(N)cc(C#N)cc1CN(C)C. The molecule has 0 fully saturated rings. The van der Waals surface area contributed by atoms with Crippen LogP contribution in [0.25, 0.3) is 0 Å². The molecule has 0 radical (unpaired) electrons. The summed E-state index contributed by atoms with van der Waals surface area (Å²) in [5, 5.41) is 8.82. The highest BCUT2D eigenvalue weighted by Gasteiger charge is 2.10. The third kappa shape index (κ3) is 2.61. The van der Waals surface area contributed by atoms with Gasteiger partial charge in [-0.05, 0) is 26.2 Å². The van der Waals surface area contributed by atoms with Crippen molar-refractivity contribution in [2.45, 2.75) is 6.54 Å². The molecule has 1 aromatic carbocycles. The molecule has 0 aliphatic rings. The van der Waals surface area contributed by atoms with Crippen molar-refractivity contribution in [2.75, 3.05) is 26.9 Å². The van der Waals surface area contributed by atoms with Crippen molar-refractivity contribution in [2.24, 2.45) is 0 Å². The molecular formula is C11H15N3O. The van der Waals surface area contributed by atoms with Gasteiger partial charge in [-0.2, -0.15) is 5.26 Å². The maximum atomic E-state index is 8.82. The summed E-state index contributed by atoms with van der Waals surface area (Å²) < 4.78 is 5.22. The van der Waals surface area contributed by atoms with Crippen LogP contribution in [0.3, 0.4) is 0 Å². The zero-order chi connectivity index (χ0) is 11.4. The van der Waals surface area contributed by atoms with E-state index in [9.17, 15) is 0 Å². The van der Waals surface area contributed by atoms with Crippen LogP contribution < -0.4 is 10.5 Å². The van der Waals surface area contributed by atoms with Crippen molar-refractivity contribution < 1.29 is 4.74 Å². The van der Waals surface area contributed by atoms with Crippen LogP contribution in [-0.2, 0) is 6.54 Å². The number of benzene rings is 1. The summed E-state index contributed by atoms with van der Waals surface area (Å²) in [5.41, 5.74) is 7.79. The fourth-order valence-electron chi connectivity index (χ4n) is 1.49. The molecule has 0 bridgehead atoms. The Hall–Kier alpha value is -1.73. The summed E-state index contributed by atoms with van der Waals surface area (Å²) in [4.78, 5) is 2.00. The van der Waals surface area contributed by atoms with Gasteiger partial charge >= 0.3 is 0 Å². The van der Waals surface area contributed by atoms with Crippen LogP contribution >= 0.6 is 0 Å². The van der Waals surface area contributed by atoms with E-state index >= 15 is 0 Å². The minimum Gasteiger partial charge on any atom is -0.494 e. The molecule has 0 aliphatic carbocycles. The van der Waals surface area contributed by atoms with Gasteiger partial charge in [0.1, 0.15) is 5.75 Å². The van der Waals surface area contributed by atoms with Crippen LogP contribution in [0.15, 0.2) is 12.1 Å². The smallest absolute Gasteiger partial charge is 0.146 e. The minimum atomic E-state index is 0.508. The van der Waals surface area contributed by atoms with E-state index in [1.165, 1.54) is 0 Å². The Labute approximate surface area is 89.9 Å². The summed E-state index contributed by atoms with van der Waals surface area (Å²) in [7, 11) is 5.49. The number of nitriles is 1. The minimum absolute atomic E-state index is 0.508. The quantitative estimate of drug-likeness (QED) is 0.753. The number of nitrogens with zero attached hydrogens (tertiary/aromatic N) is 2. The van der Waals surface area contributed by atoms with Gasteiger partial charge in [-0.1, -0.05) is 0 Å². The summed E-state index contributed by atoms with van der Waals surface area (Å²) in [6, 6.07) is 5.50. The molecule has 15 heavy (non-hydrogen) atoms. The number of hydrogen-bond donors (Lipinski definition) is 1. The van der Waals surface area contributed by atoms with Crippen molar-refractivity contribution in [1.82, 2.24) is 4.90 Å². The van der Waals surface area contributed by atoms with Crippen LogP contribution in [0.2, 0.25) is 0 Å². The van der Waals surface area contributed by atoms with Gasteiger partial charge in [-0.25, -0.2) is 0 Å². The molecule has 0 heterocycles. The molecule has 1 rings (SSSR count). The Morgan fingerprint density at radius 3 is 2.60 bits per heavy atom. The lowest BCUT2D eigenvalue weighted by atomic mass is 10.1. The molecule has 0 aromatic heterocycles. The van der Waals surface area contributed by atoms with Crippen molar-refractivity contribution >= 4 is 5.69 Å². The van der Waals surface area contributed by atoms with Gasteiger partial charge in [0.15, 0.2) is 0 Å². The summed E-state index contributed by atoms with van der Waals surface area (Å²) >= 11 is 0. The van der Waals surface area contributed by atoms with Crippen LogP contribution in [0.1, 0.15) is 11.1 Å². The Kier molecular flexibility index (Phi) is 3.53. The standard InChI is InChI=1S/C11H15N3O/c1-14(2)7-9-4-8(6-12)5-10(13)11(9)15-3/h4-5H,7,13H2,1-3H3. The largest absolute Gasteiger partial charge is 0.494 e. The molecule has 4 nitrogen and oxygen atoms in total. The highest BCUT2D eigenvalue weighted by Crippen LogP contribution is 2.28. The Bertz CT molecular complexity index is 394. The van der Waals surface area contributed by atoms with Crippen LogP contribution in [0.5, 0.6) is 5.75 Å². The normalized spacial score (nSPS) is 10.1. The van der Waals surface area contributed by atoms with Gasteiger partial charge in [-0.3, -0.25) is 0 Å². The molecule has 0 unspecified atom stereocenters. The predicted molar refractivity (Wildman–Crippen MR) is 59.5 cm³/mol. The van der Waals surface area contributed by atoms with Crippen LogP contribution in [0, 0.1) is 11.3 Å². The van der Waals surface area contributed by atoms with Gasteiger partial charge in [0.05, 0.1) is 24.4 Å². The van der Waals surface area contributed by atoms with Gasteiger partial charge < -0.3 is 15.4 Å². The van der Waals surface area contributed by atoms with E-state index < -0.39 is 0 Å². The van der Waals surface area contributed by atoms with Crippen molar-refractivity contribution in [3.8, 4) is 11.8 Å². The van der Waals surface area contributed by atoms with Crippen molar-refractivity contribution in [1.29, 1.82) is 5.26 Å². The lowest BCUT2D eigenvalue weighted by molar-refractivity contribution is 0.373. The number of hydrogen-bond acceptors (Lipinski definition) is 4. The first kappa shape index (κ1) is 11.3. The van der Waals surface area contributed by atoms with E-state index in [1.54, 1.807) is 19.2 Å². The lowest BCUT2D eigenvalue weighted by Crippen LogP contribution is -2.12. The molecule has 1 aromatic rings. The first-order valence-corrected chi connectivity index (χ1v) is 4.59. The zero-order valence-corrected chi connectivity index (χ0v) is 9.24. The fourth-order valence-corrected chi connectivity index (χ4v) is 1.49. The average Bonchev–Trinajstić information content (AvgIpc) is 2.16. The van der Waals surface area contributed by atoms with E-state index in [0.29, 0.717) is 23.5 Å². The van der Waals surface area contributed by atoms with E-state index in [0.717, 1.165) is 5.56 Å². The molecule has 0 atom stereocenters. The van der Waals surface area contributed by atoms with E-state index in [4.69, 9.17) is 15.7 Å². The number of rotatable bonds is 3. The average molecular weight is 205 g/mol. The molecule has 4 heteroatoms. The summed E-state index contributed by atoms with van der Waals surface area (Å²) in [5.74, 6) is 0.655. The molecule has 0 saturated heterocycles. The van der Waals surface area contributed by atoms with Crippen LogP contribution in [-0.4, -0.2) is 26.1 Å². The molecular weight excluding hydrogens is 190 g/mol. The van der Waals surface area contributed by atoms with Gasteiger partial charge in [0.25, 0.3) is 0 Å². The predicted octanol–water partition coefficient (Wildman–Crippen LogP) is 1.21. The third-order valence-electron chi connectivity index (χ3n) is 2.01. The highest BCUT2D eigenvalue weighted by atomic mass is 16.5. The third-order valence-corrected chi connectivity index (χ3v) is 2.01. The second kappa shape index (κ2) is 4.67. The maximum Gasteiger partial charge on any atom is 0.146 e. The number of nitrogen functional groups attached to an aromatic ring is 1. The molecule has 0 amide bonds. The van der Waals surface area contributed by atoms with E-state index in [1.807, 2.05) is 19.0 Å². The van der Waals surface area contributed by atoms with Crippen molar-refractivity contribution in [3.63, 3.8) is 0 Å². The van der Waals surface area contributed by atoms with Crippen molar-refractivity contribution in [3.05, 3.63) is 23.3 Å². The number of nitrogens with two attached hydrogens (primary N) is 1. The Balaban J connectivity index is 3.21. The second-order valence-electron chi connectivity index (χ2n) is 3.61. The highest BCUT2D eigenvalue weighted by molar-refractivity contribution is 5.61. The number of ether oxygens (including phenoxy) is 1. The molecule has 0 saturated carbocycles. The first-order chi connectivity index (χ1) is 7.08. The number of methoxy groups -OCH3 is 1. The zero-order valence-electron chi connectivity index (χ0n) is 9.24. The van der Waals surface area contributed by atoms with Gasteiger partial charge in [0.2, 0.25) is 0 Å². The molecule has 0 aliphatic heterocycles. The fraction of sp³-hybridized carbons (Fsp3) is 0.364. The topological polar surface area (TPSA) is 62.3 Å². The molecule has 2 N–H and O–H groups in total. The second-order valence-corrected chi connectivity index (χ2v) is 3.61. The van der Waals surface area contributed by atoms with E-state index in [2.05, 4.69) is 6.07 Å². The Morgan fingerprint density at radius 1 is 1.47 bits per heavy atom. The number of anilines is 1. The summed E-state index contributed by atoms with van der Waals surface area (Å²) in [6.45, 7) is 0.697. The molecule has 80 valence electrons. The maximum absolute atomic E-state index is 8.82. The molecule has 0 spiro atoms. The Morgan fingerprint density at radius 2 is 2.13 bits per heavy atom. The summed E-state index contributed by atoms with van der Waals surface area (Å²) in [6.07, 6.45) is 0. The monoisotopic (exact) mass is 205 g/mol. The van der Waals surface area contributed by atoms with E-state index in [-0.39, 0.29) is 0 Å². The van der Waals surface area contributed by atoms with Crippen LogP contribution in [0.4, 0.5) is 5.69 Å². The lowest BCUT2D eigenvalue weighted by Gasteiger charge is -2.15. The van der Waals surface area contributed by atoms with Gasteiger partial charge in [-0.15, -0.1) is 0 Å².